The third-order valence-electron chi connectivity index (χ3n) is 7.67. The van der Waals surface area contributed by atoms with Crippen LogP contribution in [0, 0.1) is 11.8 Å². The minimum Gasteiger partial charge on any atom is -0.337 e. The van der Waals surface area contributed by atoms with Crippen LogP contribution in [0.5, 0.6) is 0 Å². The number of likely N-dealkylation sites (tertiary alicyclic amines) is 1. The molecular formula is C30H44N6O2. The maximum absolute atomic E-state index is 13.6. The van der Waals surface area contributed by atoms with Gasteiger partial charge >= 0.3 is 0 Å². The van der Waals surface area contributed by atoms with E-state index in [4.69, 9.17) is 4.98 Å². The normalized spacial score (nSPS) is 16.2. The Morgan fingerprint density at radius 3 is 2.50 bits per heavy atom. The summed E-state index contributed by atoms with van der Waals surface area (Å²) in [6.07, 6.45) is 11.6. The second-order valence-electron chi connectivity index (χ2n) is 11.6. The highest BCUT2D eigenvalue weighted by atomic mass is 16.2. The highest BCUT2D eigenvalue weighted by Gasteiger charge is 2.23. The summed E-state index contributed by atoms with van der Waals surface area (Å²) in [6, 6.07) is 3.97. The Labute approximate surface area is 226 Å². The second-order valence-corrected chi connectivity index (χ2v) is 11.6. The number of aromatic amines is 1. The van der Waals surface area contributed by atoms with Crippen molar-refractivity contribution in [1.82, 2.24) is 29.2 Å². The van der Waals surface area contributed by atoms with Crippen molar-refractivity contribution in [1.29, 1.82) is 0 Å². The van der Waals surface area contributed by atoms with Crippen LogP contribution >= 0.6 is 0 Å². The fourth-order valence-corrected chi connectivity index (χ4v) is 5.22. The van der Waals surface area contributed by atoms with Crippen molar-refractivity contribution in [2.75, 3.05) is 26.2 Å². The van der Waals surface area contributed by atoms with Crippen LogP contribution in [-0.4, -0.2) is 67.3 Å². The first-order valence-electron chi connectivity index (χ1n) is 14.3. The molecule has 0 radical (unpaired) electrons. The fraction of sp³-hybridized carbons (Fsp3) is 0.600. The first-order chi connectivity index (χ1) is 18.2. The van der Waals surface area contributed by atoms with E-state index < -0.39 is 0 Å². The van der Waals surface area contributed by atoms with Gasteiger partial charge in [-0.1, -0.05) is 27.7 Å². The number of imidazole rings is 1. The number of rotatable bonds is 12. The van der Waals surface area contributed by atoms with Gasteiger partial charge in [0.2, 0.25) is 5.56 Å². The number of hydrogen-bond donors (Lipinski definition) is 1. The molecule has 0 bridgehead atoms. The molecule has 0 aromatic carbocycles. The molecule has 0 spiro atoms. The quantitative estimate of drug-likeness (QED) is 0.362. The van der Waals surface area contributed by atoms with Crippen LogP contribution in [0.2, 0.25) is 0 Å². The Morgan fingerprint density at radius 2 is 1.89 bits per heavy atom. The molecule has 8 heteroatoms. The molecule has 1 atom stereocenters. The first-order valence-corrected chi connectivity index (χ1v) is 14.3. The molecule has 0 aliphatic carbocycles. The van der Waals surface area contributed by atoms with E-state index >= 15 is 0 Å². The lowest BCUT2D eigenvalue weighted by Crippen LogP contribution is -2.34. The maximum Gasteiger partial charge on any atom is 0.273 e. The summed E-state index contributed by atoms with van der Waals surface area (Å²) in [4.78, 5) is 42.1. The SMILES string of the molecule is CC(C)CCN(CCC(C)C)C(=O)c1cn2c(CCCN3CCCC3C)c(-c3ccc(=O)[nH]c3)nc2cn1. The third kappa shape index (κ3) is 6.90. The van der Waals surface area contributed by atoms with Gasteiger partial charge in [-0.3, -0.25) is 14.0 Å². The van der Waals surface area contributed by atoms with Gasteiger partial charge in [0, 0.05) is 43.2 Å². The van der Waals surface area contributed by atoms with Crippen molar-refractivity contribution in [3.05, 3.63) is 52.5 Å². The predicted octanol–water partition coefficient (Wildman–Crippen LogP) is 5.04. The van der Waals surface area contributed by atoms with Crippen LogP contribution in [-0.2, 0) is 6.42 Å². The molecule has 206 valence electrons. The van der Waals surface area contributed by atoms with E-state index in [9.17, 15) is 9.59 Å². The van der Waals surface area contributed by atoms with Gasteiger partial charge in [0.1, 0.15) is 5.69 Å². The molecule has 1 fully saturated rings. The van der Waals surface area contributed by atoms with Crippen LogP contribution in [0.1, 0.15) is 82.9 Å². The molecule has 4 rings (SSSR count). The lowest BCUT2D eigenvalue weighted by molar-refractivity contribution is 0.0734. The lowest BCUT2D eigenvalue weighted by Gasteiger charge is -2.24. The van der Waals surface area contributed by atoms with Gasteiger partial charge in [0.05, 0.1) is 17.6 Å². The molecule has 4 heterocycles. The van der Waals surface area contributed by atoms with Crippen molar-refractivity contribution in [2.24, 2.45) is 11.8 Å². The van der Waals surface area contributed by atoms with Crippen molar-refractivity contribution in [3.8, 4) is 11.3 Å². The minimum absolute atomic E-state index is 0.0238. The summed E-state index contributed by atoms with van der Waals surface area (Å²) in [6.45, 7) is 14.7. The second kappa shape index (κ2) is 12.7. The van der Waals surface area contributed by atoms with Gasteiger partial charge in [-0.05, 0) is 76.4 Å². The fourth-order valence-electron chi connectivity index (χ4n) is 5.22. The molecule has 8 nitrogen and oxygen atoms in total. The van der Waals surface area contributed by atoms with Gasteiger partial charge in [0.15, 0.2) is 5.65 Å². The number of nitrogens with zero attached hydrogens (tertiary/aromatic N) is 5. The van der Waals surface area contributed by atoms with Gasteiger partial charge < -0.3 is 14.8 Å². The Bertz CT molecular complexity index is 1240. The topological polar surface area (TPSA) is 86.6 Å². The molecule has 1 saturated heterocycles. The number of carbonyl (C=O) groups excluding carboxylic acids is 1. The monoisotopic (exact) mass is 520 g/mol. The largest absolute Gasteiger partial charge is 0.337 e. The van der Waals surface area contributed by atoms with E-state index in [0.29, 0.717) is 29.2 Å². The molecular weight excluding hydrogens is 476 g/mol. The van der Waals surface area contributed by atoms with Crippen molar-refractivity contribution in [3.63, 3.8) is 0 Å². The predicted molar refractivity (Wildman–Crippen MR) is 152 cm³/mol. The first kappa shape index (κ1) is 28.0. The Balaban J connectivity index is 1.65. The van der Waals surface area contributed by atoms with Crippen LogP contribution in [0.25, 0.3) is 16.9 Å². The summed E-state index contributed by atoms with van der Waals surface area (Å²) >= 11 is 0. The van der Waals surface area contributed by atoms with E-state index in [1.807, 2.05) is 21.6 Å². The number of amides is 1. The standard InChI is InChI=1S/C30H44N6O2/c1-21(2)12-16-35(17-13-22(3)4)30(38)25-20-36-26(9-7-15-34-14-6-8-23(34)5)29(33-27(36)19-31-25)24-10-11-28(37)32-18-24/h10-11,18-23H,6-9,12-17H2,1-5H3,(H,32,37). The highest BCUT2D eigenvalue weighted by Crippen LogP contribution is 2.26. The molecule has 38 heavy (non-hydrogen) atoms. The molecule has 0 saturated carbocycles. The average molecular weight is 521 g/mol. The van der Waals surface area contributed by atoms with Gasteiger partial charge in [0.25, 0.3) is 5.91 Å². The van der Waals surface area contributed by atoms with Gasteiger partial charge in [-0.25, -0.2) is 9.97 Å². The lowest BCUT2D eigenvalue weighted by atomic mass is 10.1. The van der Waals surface area contributed by atoms with Crippen LogP contribution < -0.4 is 5.56 Å². The molecule has 1 amide bonds. The van der Waals surface area contributed by atoms with Gasteiger partial charge in [-0.2, -0.15) is 0 Å². The zero-order chi connectivity index (χ0) is 27.2. The zero-order valence-electron chi connectivity index (χ0n) is 23.7. The van der Waals surface area contributed by atoms with Crippen molar-refractivity contribution < 1.29 is 4.79 Å². The number of pyridine rings is 1. The van der Waals surface area contributed by atoms with Crippen LogP contribution in [0.15, 0.2) is 35.5 Å². The smallest absolute Gasteiger partial charge is 0.273 e. The number of fused-ring (bicyclic) bond motifs is 1. The van der Waals surface area contributed by atoms with E-state index in [-0.39, 0.29) is 11.5 Å². The summed E-state index contributed by atoms with van der Waals surface area (Å²) in [7, 11) is 0. The highest BCUT2D eigenvalue weighted by molar-refractivity contribution is 5.92. The van der Waals surface area contributed by atoms with Gasteiger partial charge in [-0.15, -0.1) is 0 Å². The number of aryl methyl sites for hydroxylation is 1. The summed E-state index contributed by atoms with van der Waals surface area (Å²) in [5, 5.41) is 0. The van der Waals surface area contributed by atoms with E-state index in [2.05, 4.69) is 49.5 Å². The Morgan fingerprint density at radius 1 is 1.16 bits per heavy atom. The molecule has 1 N–H and O–H groups in total. The van der Waals surface area contributed by atoms with E-state index in [1.54, 1.807) is 12.4 Å². The third-order valence-corrected chi connectivity index (χ3v) is 7.67. The van der Waals surface area contributed by atoms with E-state index in [0.717, 1.165) is 68.8 Å². The zero-order valence-corrected chi connectivity index (χ0v) is 23.7. The summed E-state index contributed by atoms with van der Waals surface area (Å²) in [5.74, 6) is 1.03. The molecule has 1 aliphatic rings. The molecule has 1 unspecified atom stereocenters. The number of H-pyrrole nitrogens is 1. The molecule has 3 aromatic heterocycles. The van der Waals surface area contributed by atoms with E-state index in [1.165, 1.54) is 18.9 Å². The minimum atomic E-state index is -0.139. The number of carbonyl (C=O) groups is 1. The molecule has 3 aromatic rings. The van der Waals surface area contributed by atoms with Crippen LogP contribution in [0.4, 0.5) is 0 Å². The van der Waals surface area contributed by atoms with Crippen molar-refractivity contribution >= 4 is 11.6 Å². The Hall–Kier alpha value is -3.00. The number of hydrogen-bond acceptors (Lipinski definition) is 5. The summed E-state index contributed by atoms with van der Waals surface area (Å²) in [5.41, 5.74) is 3.76. The summed E-state index contributed by atoms with van der Waals surface area (Å²) < 4.78 is 2.04. The maximum atomic E-state index is 13.6. The number of nitrogens with one attached hydrogen (secondary N) is 1. The van der Waals surface area contributed by atoms with Crippen molar-refractivity contribution in [2.45, 2.75) is 79.2 Å². The average Bonchev–Trinajstić information content (AvgIpc) is 3.46. The number of aromatic nitrogens is 4. The van der Waals surface area contributed by atoms with Crippen LogP contribution in [0.3, 0.4) is 0 Å². The Kier molecular flexibility index (Phi) is 9.36. The molecule has 1 aliphatic heterocycles.